The van der Waals surface area contributed by atoms with Gasteiger partial charge < -0.3 is 26.0 Å². The molecule has 11 nitrogen and oxygen atoms in total. The molecule has 2 aliphatic heterocycles. The van der Waals surface area contributed by atoms with Gasteiger partial charge in [0.25, 0.3) is 5.91 Å². The summed E-state index contributed by atoms with van der Waals surface area (Å²) in [5.74, 6) is -1.48. The average molecular weight is 538 g/mol. The third kappa shape index (κ3) is 5.16. The van der Waals surface area contributed by atoms with Crippen molar-refractivity contribution in [2.75, 3.05) is 18.6 Å². The predicted octanol–water partition coefficient (Wildman–Crippen LogP) is 1.23. The van der Waals surface area contributed by atoms with Gasteiger partial charge >= 0.3 is 5.97 Å². The molecule has 0 aliphatic carbocycles. The Morgan fingerprint density at radius 2 is 2.17 bits per heavy atom. The molecule has 3 unspecified atom stereocenters. The number of amides is 2. The van der Waals surface area contributed by atoms with Gasteiger partial charge in [-0.15, -0.1) is 22.0 Å². The standard InChI is InChI=1S/C21H23N5O6S3/c1-9-24-25-21(35-9)34-8-12-7-33-19-15(18(29)26(19)16(12)20(30)31)23-17(28)14(22)10-3-4-13(27)11(5-10)6-32-2/h3-5,14-15,19,27H,6-8,22H2,1-2H3,(H,23,28)(H,30,31). The number of rotatable bonds is 9. The molecule has 1 fully saturated rings. The first kappa shape index (κ1) is 25.4. The van der Waals surface area contributed by atoms with Gasteiger partial charge in [0.2, 0.25) is 5.91 Å². The number of fused-ring (bicyclic) bond motifs is 1. The molecule has 0 spiro atoms. The monoisotopic (exact) mass is 537 g/mol. The summed E-state index contributed by atoms with van der Waals surface area (Å²) in [5, 5.41) is 30.6. The number of nitrogens with two attached hydrogens (primary N) is 1. The zero-order chi connectivity index (χ0) is 25.3. The van der Waals surface area contributed by atoms with Gasteiger partial charge in [-0.1, -0.05) is 29.2 Å². The first-order valence-electron chi connectivity index (χ1n) is 10.4. The number of phenols is 1. The van der Waals surface area contributed by atoms with Crippen molar-refractivity contribution >= 4 is 52.6 Å². The third-order valence-electron chi connectivity index (χ3n) is 5.47. The van der Waals surface area contributed by atoms with Gasteiger partial charge in [0.1, 0.15) is 33.9 Å². The molecule has 4 rings (SSSR count). The highest BCUT2D eigenvalue weighted by atomic mass is 32.2. The van der Waals surface area contributed by atoms with E-state index < -0.39 is 35.2 Å². The van der Waals surface area contributed by atoms with Crippen LogP contribution in [-0.4, -0.2) is 73.1 Å². The van der Waals surface area contributed by atoms with Crippen molar-refractivity contribution in [2.45, 2.75) is 35.3 Å². The summed E-state index contributed by atoms with van der Waals surface area (Å²) in [6.07, 6.45) is 0. The number of carbonyl (C=O) groups is 3. The molecule has 0 radical (unpaired) electrons. The molecule has 0 saturated carbocycles. The number of aliphatic carboxylic acids is 1. The van der Waals surface area contributed by atoms with Crippen molar-refractivity contribution in [3.63, 3.8) is 0 Å². The summed E-state index contributed by atoms with van der Waals surface area (Å²) in [7, 11) is 1.48. The van der Waals surface area contributed by atoms with Gasteiger partial charge in [0, 0.05) is 24.2 Å². The maximum Gasteiger partial charge on any atom is 0.352 e. The highest BCUT2D eigenvalue weighted by molar-refractivity contribution is 8.01. The number of phenolic OH excluding ortho intramolecular Hbond substituents is 1. The normalized spacial score (nSPS) is 20.3. The number of aromatic nitrogens is 2. The number of thioether (sulfide) groups is 2. The SMILES string of the molecule is COCc1cc(C(N)C(=O)NC2C(=O)N3C(C(=O)O)=C(CSc4nnc(C)s4)CSC23)ccc1O. The van der Waals surface area contributed by atoms with Gasteiger partial charge in [-0.3, -0.25) is 14.5 Å². The highest BCUT2D eigenvalue weighted by Gasteiger charge is 2.54. The molecular weight excluding hydrogens is 514 g/mol. The molecule has 0 bridgehead atoms. The molecule has 1 aromatic heterocycles. The number of hydrogen-bond donors (Lipinski definition) is 4. The van der Waals surface area contributed by atoms with E-state index in [1.807, 2.05) is 6.92 Å². The Morgan fingerprint density at radius 3 is 2.83 bits per heavy atom. The van der Waals surface area contributed by atoms with Crippen LogP contribution in [0.25, 0.3) is 0 Å². The topological polar surface area (TPSA) is 168 Å². The van der Waals surface area contributed by atoms with Crippen molar-refractivity contribution in [1.82, 2.24) is 20.4 Å². The Labute approximate surface area is 213 Å². The molecule has 35 heavy (non-hydrogen) atoms. The van der Waals surface area contributed by atoms with Gasteiger partial charge in [-0.2, -0.15) is 0 Å². The highest BCUT2D eigenvalue weighted by Crippen LogP contribution is 2.42. The third-order valence-corrected chi connectivity index (χ3v) is 8.87. The van der Waals surface area contributed by atoms with Crippen molar-refractivity contribution in [1.29, 1.82) is 0 Å². The fourth-order valence-electron chi connectivity index (χ4n) is 3.74. The first-order valence-corrected chi connectivity index (χ1v) is 13.3. The van der Waals surface area contributed by atoms with E-state index in [1.165, 1.54) is 59.0 Å². The summed E-state index contributed by atoms with van der Waals surface area (Å²) in [6, 6.07) is 2.55. The molecule has 2 aliphatic rings. The summed E-state index contributed by atoms with van der Waals surface area (Å²) >= 11 is 4.18. The van der Waals surface area contributed by atoms with Gasteiger partial charge in [-0.05, 0) is 30.2 Å². The zero-order valence-corrected chi connectivity index (χ0v) is 21.2. The van der Waals surface area contributed by atoms with Crippen LogP contribution in [0.15, 0.2) is 33.8 Å². The molecule has 3 heterocycles. The first-order chi connectivity index (χ1) is 16.7. The molecule has 14 heteroatoms. The molecular formula is C21H23N5O6S3. The summed E-state index contributed by atoms with van der Waals surface area (Å²) in [4.78, 5) is 38.9. The average Bonchev–Trinajstić information content (AvgIpc) is 3.26. The minimum Gasteiger partial charge on any atom is -0.508 e. The van der Waals surface area contributed by atoms with Crippen LogP contribution in [0.1, 0.15) is 22.2 Å². The number of aryl methyl sites for hydroxylation is 1. The molecule has 5 N–H and O–H groups in total. The molecule has 2 aromatic rings. The number of methoxy groups -OCH3 is 1. The number of aromatic hydroxyl groups is 1. The number of ether oxygens (including phenoxy) is 1. The van der Waals surface area contributed by atoms with E-state index in [9.17, 15) is 24.6 Å². The maximum absolute atomic E-state index is 12.9. The van der Waals surface area contributed by atoms with Crippen LogP contribution >= 0.6 is 34.9 Å². The van der Waals surface area contributed by atoms with Crippen LogP contribution < -0.4 is 11.1 Å². The van der Waals surface area contributed by atoms with E-state index in [1.54, 1.807) is 6.07 Å². The quantitative estimate of drug-likeness (QED) is 0.268. The molecule has 1 saturated heterocycles. The van der Waals surface area contributed by atoms with E-state index in [2.05, 4.69) is 15.5 Å². The number of hydrogen-bond acceptors (Lipinski definition) is 11. The lowest BCUT2D eigenvalue weighted by Gasteiger charge is -2.49. The second kappa shape index (κ2) is 10.5. The minimum absolute atomic E-state index is 0.0230. The number of nitrogens with one attached hydrogen (secondary N) is 1. The maximum atomic E-state index is 12.9. The number of benzene rings is 1. The number of β-lactam (4-membered cyclic amide) rings is 1. The Bertz CT molecular complexity index is 1200. The largest absolute Gasteiger partial charge is 0.508 e. The van der Waals surface area contributed by atoms with Crippen LogP contribution in [0.5, 0.6) is 5.75 Å². The second-order valence-electron chi connectivity index (χ2n) is 7.83. The fraction of sp³-hybridized carbons (Fsp3) is 0.381. The Morgan fingerprint density at radius 1 is 1.40 bits per heavy atom. The van der Waals surface area contributed by atoms with Crippen LogP contribution in [0.4, 0.5) is 0 Å². The molecule has 186 valence electrons. The zero-order valence-electron chi connectivity index (χ0n) is 18.8. The Kier molecular flexibility index (Phi) is 7.66. The summed E-state index contributed by atoms with van der Waals surface area (Å²) < 4.78 is 5.76. The predicted molar refractivity (Wildman–Crippen MR) is 131 cm³/mol. The van der Waals surface area contributed by atoms with Crippen LogP contribution in [0.3, 0.4) is 0 Å². The van der Waals surface area contributed by atoms with Gasteiger partial charge in [0.05, 0.1) is 6.61 Å². The summed E-state index contributed by atoms with van der Waals surface area (Å²) in [6.45, 7) is 1.98. The van der Waals surface area contributed by atoms with E-state index in [0.29, 0.717) is 28.2 Å². The second-order valence-corrected chi connectivity index (χ2v) is 11.3. The van der Waals surface area contributed by atoms with Gasteiger partial charge in [-0.25, -0.2) is 4.79 Å². The van der Waals surface area contributed by atoms with Crippen LogP contribution in [-0.2, 0) is 25.7 Å². The van der Waals surface area contributed by atoms with E-state index in [4.69, 9.17) is 10.5 Å². The molecule has 2 amide bonds. The Balaban J connectivity index is 1.44. The number of carboxylic acids is 1. The van der Waals surface area contributed by atoms with Crippen molar-refractivity contribution in [2.24, 2.45) is 5.73 Å². The lowest BCUT2D eigenvalue weighted by molar-refractivity contribution is -0.150. The number of nitrogens with zero attached hydrogens (tertiary/aromatic N) is 3. The van der Waals surface area contributed by atoms with Crippen molar-refractivity contribution in [3.05, 3.63) is 45.6 Å². The molecule has 1 aromatic carbocycles. The van der Waals surface area contributed by atoms with Crippen LogP contribution in [0.2, 0.25) is 0 Å². The number of carbonyl (C=O) groups excluding carboxylic acids is 2. The van der Waals surface area contributed by atoms with Crippen molar-refractivity contribution < 1.29 is 29.3 Å². The van der Waals surface area contributed by atoms with Crippen molar-refractivity contribution in [3.8, 4) is 5.75 Å². The molecule has 3 atom stereocenters. The fourth-order valence-corrected chi connectivity index (χ4v) is 7.04. The number of carboxylic acid groups (broad SMARTS) is 1. The van der Waals surface area contributed by atoms with E-state index >= 15 is 0 Å². The Hall–Kier alpha value is -2.65. The van der Waals surface area contributed by atoms with E-state index in [-0.39, 0.29) is 18.1 Å². The summed E-state index contributed by atoms with van der Waals surface area (Å²) in [5.41, 5.74) is 7.59. The lowest BCUT2D eigenvalue weighted by atomic mass is 10.0. The van der Waals surface area contributed by atoms with Crippen LogP contribution in [0, 0.1) is 6.92 Å². The van der Waals surface area contributed by atoms with Gasteiger partial charge in [0.15, 0.2) is 4.34 Å². The van der Waals surface area contributed by atoms with E-state index in [0.717, 1.165) is 9.35 Å². The minimum atomic E-state index is -1.19. The lowest BCUT2D eigenvalue weighted by Crippen LogP contribution is -2.71. The smallest absolute Gasteiger partial charge is 0.352 e.